The quantitative estimate of drug-likeness (QED) is 0.0619. The molecular weight excluding hydrogens is 680 g/mol. The van der Waals surface area contributed by atoms with Crippen LogP contribution in [0.4, 0.5) is 58.4 Å². The lowest BCUT2D eigenvalue weighted by atomic mass is 10.2. The number of anilines is 10. The molecular formula is C32H30N12O8. The van der Waals surface area contributed by atoms with Crippen LogP contribution in [0.2, 0.25) is 0 Å². The first-order chi connectivity index (χ1) is 25.0. The van der Waals surface area contributed by atoms with Gasteiger partial charge in [-0.2, -0.15) is 29.9 Å². The summed E-state index contributed by atoms with van der Waals surface area (Å²) in [5, 5.41) is 54.4. The predicted octanol–water partition coefficient (Wildman–Crippen LogP) is 3.71. The number of benzene rings is 3. The molecule has 0 radical (unpaired) electrons. The summed E-state index contributed by atoms with van der Waals surface area (Å²) < 4.78 is 0. The van der Waals surface area contributed by atoms with Gasteiger partial charge in [0.2, 0.25) is 35.7 Å². The van der Waals surface area contributed by atoms with Crippen LogP contribution in [0, 0.1) is 0 Å². The second-order valence-electron chi connectivity index (χ2n) is 10.7. The third-order valence-electron chi connectivity index (χ3n) is 6.69. The number of aliphatic carboxylic acids is 4. The van der Waals surface area contributed by atoms with E-state index in [1.165, 1.54) is 0 Å². The molecule has 52 heavy (non-hydrogen) atoms. The minimum absolute atomic E-state index is 0.00439. The lowest BCUT2D eigenvalue weighted by Crippen LogP contribution is -2.32. The van der Waals surface area contributed by atoms with Crippen LogP contribution in [-0.2, 0) is 19.2 Å². The van der Waals surface area contributed by atoms with Gasteiger partial charge < -0.3 is 52.3 Å². The van der Waals surface area contributed by atoms with E-state index in [2.05, 4.69) is 61.8 Å². The molecule has 0 aliphatic rings. The van der Waals surface area contributed by atoms with Crippen LogP contribution in [-0.4, -0.2) is 86.3 Å². The van der Waals surface area contributed by atoms with E-state index in [9.17, 15) is 29.4 Å². The van der Waals surface area contributed by atoms with Crippen LogP contribution >= 0.6 is 0 Å². The first kappa shape index (κ1) is 35.7. The maximum Gasteiger partial charge on any atom is 0.326 e. The molecule has 2 unspecified atom stereocenters. The molecule has 2 aromatic heterocycles. The second kappa shape index (κ2) is 16.6. The molecule has 0 amide bonds. The average molecular weight is 711 g/mol. The van der Waals surface area contributed by atoms with Crippen molar-refractivity contribution in [1.29, 1.82) is 0 Å². The van der Waals surface area contributed by atoms with E-state index in [1.807, 2.05) is 12.1 Å². The molecule has 0 spiro atoms. The van der Waals surface area contributed by atoms with Gasteiger partial charge in [0, 0.05) is 22.7 Å². The Labute approximate surface area is 293 Å². The number of para-hydroxylation sites is 2. The van der Waals surface area contributed by atoms with Crippen molar-refractivity contribution in [2.75, 3.05) is 31.9 Å². The zero-order valence-corrected chi connectivity index (χ0v) is 26.8. The van der Waals surface area contributed by atoms with Gasteiger partial charge in [-0.25, -0.2) is 9.59 Å². The van der Waals surface area contributed by atoms with Crippen molar-refractivity contribution in [3.63, 3.8) is 0 Å². The number of hydrogen-bond acceptors (Lipinski definition) is 16. The standard InChI is InChI=1S/C32H30N12O8/c45-23(46)15-21(25(49)50)37-31-41-27(33-17-7-3-1-4-8-17)39-29(43-31)35-19-11-13-20(14-12-19)36-30-40-28(34-18-9-5-2-6-10-18)42-32(44-30)38-22(26(51)52)16-24(47)48/h1-14,21-22H,15-16H2,(H,45,46)(H,47,48)(H,49,50)(H,51,52)(H3,33,35,37,39,41,43)(H3,34,36,38,40,42,44). The molecule has 266 valence electrons. The molecule has 0 aliphatic carbocycles. The van der Waals surface area contributed by atoms with Crippen molar-refractivity contribution in [3.8, 4) is 0 Å². The highest BCUT2D eigenvalue weighted by atomic mass is 16.4. The van der Waals surface area contributed by atoms with Gasteiger partial charge in [0.15, 0.2) is 0 Å². The zero-order chi connectivity index (χ0) is 37.0. The van der Waals surface area contributed by atoms with E-state index < -0.39 is 48.8 Å². The van der Waals surface area contributed by atoms with E-state index in [-0.39, 0.29) is 35.7 Å². The summed E-state index contributed by atoms with van der Waals surface area (Å²) in [6.07, 6.45) is -1.46. The summed E-state index contributed by atoms with van der Waals surface area (Å²) in [6.45, 7) is 0. The molecule has 2 atom stereocenters. The van der Waals surface area contributed by atoms with E-state index in [4.69, 9.17) is 10.2 Å². The highest BCUT2D eigenvalue weighted by Gasteiger charge is 2.24. The summed E-state index contributed by atoms with van der Waals surface area (Å²) in [7, 11) is 0. The average Bonchev–Trinajstić information content (AvgIpc) is 3.09. The van der Waals surface area contributed by atoms with Gasteiger partial charge in [-0.1, -0.05) is 36.4 Å². The summed E-state index contributed by atoms with van der Waals surface area (Å²) in [5.41, 5.74) is 2.22. The molecule has 0 fully saturated rings. The summed E-state index contributed by atoms with van der Waals surface area (Å²) in [5.74, 6) is -5.82. The Morgan fingerprint density at radius 2 is 0.692 bits per heavy atom. The molecule has 5 rings (SSSR count). The second-order valence-corrected chi connectivity index (χ2v) is 10.7. The van der Waals surface area contributed by atoms with Gasteiger partial charge in [0.1, 0.15) is 12.1 Å². The largest absolute Gasteiger partial charge is 0.481 e. The lowest BCUT2D eigenvalue weighted by molar-refractivity contribution is -0.144. The molecule has 10 N–H and O–H groups in total. The molecule has 0 saturated heterocycles. The van der Waals surface area contributed by atoms with Crippen molar-refractivity contribution in [1.82, 2.24) is 29.9 Å². The van der Waals surface area contributed by atoms with Gasteiger partial charge in [0.05, 0.1) is 12.8 Å². The Morgan fingerprint density at radius 3 is 0.962 bits per heavy atom. The number of carbonyl (C=O) groups is 4. The molecule has 0 aliphatic heterocycles. The maximum absolute atomic E-state index is 11.7. The van der Waals surface area contributed by atoms with Crippen LogP contribution in [0.25, 0.3) is 0 Å². The number of nitrogens with zero attached hydrogens (tertiary/aromatic N) is 6. The smallest absolute Gasteiger partial charge is 0.326 e. The Hall–Kier alpha value is -7.64. The Bertz CT molecular complexity index is 1890. The van der Waals surface area contributed by atoms with Crippen molar-refractivity contribution >= 4 is 82.3 Å². The number of nitrogens with one attached hydrogen (secondary N) is 6. The number of aromatic nitrogens is 6. The number of rotatable bonds is 18. The first-order valence-electron chi connectivity index (χ1n) is 15.2. The van der Waals surface area contributed by atoms with Crippen LogP contribution in [0.3, 0.4) is 0 Å². The lowest BCUT2D eigenvalue weighted by Gasteiger charge is -2.15. The van der Waals surface area contributed by atoms with Crippen LogP contribution < -0.4 is 31.9 Å². The molecule has 20 heteroatoms. The van der Waals surface area contributed by atoms with Crippen LogP contribution in [0.1, 0.15) is 12.8 Å². The zero-order valence-electron chi connectivity index (χ0n) is 26.8. The molecule has 0 saturated carbocycles. The molecule has 0 bridgehead atoms. The summed E-state index contributed by atoms with van der Waals surface area (Å²) in [4.78, 5) is 71.4. The topological polar surface area (TPSA) is 299 Å². The molecule has 20 nitrogen and oxygen atoms in total. The number of carboxylic acids is 4. The van der Waals surface area contributed by atoms with Crippen LogP contribution in [0.15, 0.2) is 84.9 Å². The highest BCUT2D eigenvalue weighted by molar-refractivity contribution is 5.84. The van der Waals surface area contributed by atoms with Gasteiger partial charge in [-0.3, -0.25) is 9.59 Å². The van der Waals surface area contributed by atoms with Crippen molar-refractivity contribution in [2.45, 2.75) is 24.9 Å². The number of hydrogen-bond donors (Lipinski definition) is 10. The minimum Gasteiger partial charge on any atom is -0.481 e. The fourth-order valence-electron chi connectivity index (χ4n) is 4.36. The van der Waals surface area contributed by atoms with Gasteiger partial charge in [-0.15, -0.1) is 0 Å². The van der Waals surface area contributed by atoms with Crippen molar-refractivity contribution in [2.24, 2.45) is 0 Å². The maximum atomic E-state index is 11.7. The van der Waals surface area contributed by atoms with Crippen molar-refractivity contribution in [3.05, 3.63) is 84.9 Å². The Morgan fingerprint density at radius 1 is 0.423 bits per heavy atom. The van der Waals surface area contributed by atoms with E-state index in [1.54, 1.807) is 72.8 Å². The Kier molecular flexibility index (Phi) is 11.4. The van der Waals surface area contributed by atoms with E-state index in [0.717, 1.165) is 0 Å². The predicted molar refractivity (Wildman–Crippen MR) is 187 cm³/mol. The Balaban J connectivity index is 1.37. The third-order valence-corrected chi connectivity index (χ3v) is 6.69. The van der Waals surface area contributed by atoms with E-state index >= 15 is 0 Å². The van der Waals surface area contributed by atoms with Crippen LogP contribution in [0.5, 0.6) is 0 Å². The van der Waals surface area contributed by atoms with Gasteiger partial charge in [0.25, 0.3) is 0 Å². The monoisotopic (exact) mass is 710 g/mol. The minimum atomic E-state index is -1.52. The normalized spacial score (nSPS) is 11.7. The fourth-order valence-corrected chi connectivity index (χ4v) is 4.36. The molecule has 3 aromatic carbocycles. The summed E-state index contributed by atoms with van der Waals surface area (Å²) >= 11 is 0. The van der Waals surface area contributed by atoms with Gasteiger partial charge in [-0.05, 0) is 48.5 Å². The molecule has 2 heterocycles. The SMILES string of the molecule is O=C(O)CC(Nc1nc(Nc2ccccc2)nc(Nc2ccc(Nc3nc(Nc4ccccc4)nc(NC(CC(=O)O)C(=O)O)n3)cc2)n1)C(=O)O. The third kappa shape index (κ3) is 10.7. The summed E-state index contributed by atoms with van der Waals surface area (Å²) in [6, 6.07) is 21.3. The fraction of sp³-hybridized carbons (Fsp3) is 0.125. The van der Waals surface area contributed by atoms with Gasteiger partial charge >= 0.3 is 23.9 Å². The van der Waals surface area contributed by atoms with Crippen molar-refractivity contribution < 1.29 is 39.6 Å². The molecule has 5 aromatic rings. The number of carboxylic acid groups (broad SMARTS) is 4. The highest BCUT2D eigenvalue weighted by Crippen LogP contribution is 2.23. The first-order valence-corrected chi connectivity index (χ1v) is 15.2. The van der Waals surface area contributed by atoms with E-state index in [0.29, 0.717) is 22.7 Å².